The third-order valence-electron chi connectivity index (χ3n) is 3.87. The van der Waals surface area contributed by atoms with Crippen LogP contribution in [0.5, 0.6) is 0 Å². The lowest BCUT2D eigenvalue weighted by Crippen LogP contribution is -2.40. The van der Waals surface area contributed by atoms with E-state index in [0.717, 1.165) is 38.8 Å². The SMILES string of the molecule is CCOC1CC(CC(=O)NCC2CC(O)C2)C1. The molecule has 0 radical (unpaired) electrons. The van der Waals surface area contributed by atoms with Crippen molar-refractivity contribution in [3.63, 3.8) is 0 Å². The molecule has 0 spiro atoms. The van der Waals surface area contributed by atoms with E-state index in [-0.39, 0.29) is 12.0 Å². The summed E-state index contributed by atoms with van der Waals surface area (Å²) in [5.41, 5.74) is 0. The Morgan fingerprint density at radius 3 is 2.59 bits per heavy atom. The summed E-state index contributed by atoms with van der Waals surface area (Å²) in [7, 11) is 0. The summed E-state index contributed by atoms with van der Waals surface area (Å²) in [4.78, 5) is 11.6. The van der Waals surface area contributed by atoms with Gasteiger partial charge >= 0.3 is 0 Å². The molecule has 0 heterocycles. The van der Waals surface area contributed by atoms with Gasteiger partial charge < -0.3 is 15.2 Å². The van der Waals surface area contributed by atoms with E-state index < -0.39 is 0 Å². The van der Waals surface area contributed by atoms with Gasteiger partial charge in [0.2, 0.25) is 5.91 Å². The Morgan fingerprint density at radius 2 is 2.00 bits per heavy atom. The van der Waals surface area contributed by atoms with Gasteiger partial charge in [0.15, 0.2) is 0 Å². The molecule has 2 saturated carbocycles. The van der Waals surface area contributed by atoms with Crippen molar-refractivity contribution in [2.75, 3.05) is 13.2 Å². The lowest BCUT2D eigenvalue weighted by Gasteiger charge is -2.35. The molecular formula is C13H23NO3. The Kier molecular flexibility index (Phi) is 4.40. The number of aliphatic hydroxyl groups excluding tert-OH is 1. The number of rotatable bonds is 6. The van der Waals surface area contributed by atoms with E-state index in [9.17, 15) is 4.79 Å². The van der Waals surface area contributed by atoms with Gasteiger partial charge in [0.25, 0.3) is 0 Å². The van der Waals surface area contributed by atoms with Crippen molar-refractivity contribution < 1.29 is 14.6 Å². The summed E-state index contributed by atoms with van der Waals surface area (Å²) in [5.74, 6) is 1.16. The average Bonchev–Trinajstić information content (AvgIpc) is 2.20. The molecule has 2 aliphatic carbocycles. The first kappa shape index (κ1) is 12.8. The number of ether oxygens (including phenoxy) is 1. The van der Waals surface area contributed by atoms with Gasteiger partial charge in [-0.15, -0.1) is 0 Å². The Morgan fingerprint density at radius 1 is 1.29 bits per heavy atom. The fourth-order valence-electron chi connectivity index (χ4n) is 2.67. The molecule has 0 aromatic heterocycles. The zero-order valence-corrected chi connectivity index (χ0v) is 10.5. The topological polar surface area (TPSA) is 58.6 Å². The highest BCUT2D eigenvalue weighted by Crippen LogP contribution is 2.32. The van der Waals surface area contributed by atoms with Crippen LogP contribution >= 0.6 is 0 Å². The van der Waals surface area contributed by atoms with Crippen LogP contribution in [0.3, 0.4) is 0 Å². The second-order valence-electron chi connectivity index (χ2n) is 5.41. The fourth-order valence-corrected chi connectivity index (χ4v) is 2.67. The molecule has 0 aromatic carbocycles. The maximum Gasteiger partial charge on any atom is 0.220 e. The first-order valence-corrected chi connectivity index (χ1v) is 6.73. The lowest BCUT2D eigenvalue weighted by molar-refractivity contribution is -0.124. The summed E-state index contributed by atoms with van der Waals surface area (Å²) in [6, 6.07) is 0. The maximum atomic E-state index is 11.6. The molecule has 0 unspecified atom stereocenters. The summed E-state index contributed by atoms with van der Waals surface area (Å²) < 4.78 is 5.47. The number of aliphatic hydroxyl groups is 1. The first-order valence-electron chi connectivity index (χ1n) is 6.73. The third kappa shape index (κ3) is 3.68. The van der Waals surface area contributed by atoms with E-state index in [2.05, 4.69) is 5.32 Å². The normalized spacial score (nSPS) is 35.9. The van der Waals surface area contributed by atoms with Crippen molar-refractivity contribution in [3.8, 4) is 0 Å². The molecular weight excluding hydrogens is 218 g/mol. The Balaban J connectivity index is 1.50. The number of hydrogen-bond acceptors (Lipinski definition) is 3. The second kappa shape index (κ2) is 5.83. The first-order chi connectivity index (χ1) is 8.17. The summed E-state index contributed by atoms with van der Waals surface area (Å²) in [5, 5.41) is 12.1. The minimum atomic E-state index is -0.129. The maximum absolute atomic E-state index is 11.6. The summed E-state index contributed by atoms with van der Waals surface area (Å²) in [6.07, 6.45) is 4.65. The lowest BCUT2D eigenvalue weighted by atomic mass is 9.79. The summed E-state index contributed by atoms with van der Waals surface area (Å²) >= 11 is 0. The molecule has 0 bridgehead atoms. The predicted octanol–water partition coefficient (Wildman–Crippen LogP) is 1.08. The van der Waals surface area contributed by atoms with E-state index in [4.69, 9.17) is 9.84 Å². The van der Waals surface area contributed by atoms with Crippen LogP contribution in [0.1, 0.15) is 39.0 Å². The van der Waals surface area contributed by atoms with Crippen LogP contribution in [-0.4, -0.2) is 36.4 Å². The quantitative estimate of drug-likeness (QED) is 0.731. The van der Waals surface area contributed by atoms with Crippen LogP contribution < -0.4 is 5.32 Å². The van der Waals surface area contributed by atoms with E-state index in [0.29, 0.717) is 24.4 Å². The van der Waals surface area contributed by atoms with Crippen molar-refractivity contribution in [2.45, 2.75) is 51.2 Å². The standard InChI is InChI=1S/C13H23NO3/c1-2-17-12-5-9(6-12)7-13(16)14-8-10-3-11(15)4-10/h9-12,15H,2-8H2,1H3,(H,14,16). The fraction of sp³-hybridized carbons (Fsp3) is 0.923. The monoisotopic (exact) mass is 241 g/mol. The van der Waals surface area contributed by atoms with Gasteiger partial charge in [-0.2, -0.15) is 0 Å². The van der Waals surface area contributed by atoms with Crippen molar-refractivity contribution in [2.24, 2.45) is 11.8 Å². The Bertz CT molecular complexity index is 257. The number of carbonyl (C=O) groups is 1. The van der Waals surface area contributed by atoms with Crippen molar-refractivity contribution in [1.82, 2.24) is 5.32 Å². The molecule has 0 atom stereocenters. The molecule has 98 valence electrons. The average molecular weight is 241 g/mol. The number of hydrogen-bond donors (Lipinski definition) is 2. The molecule has 0 aromatic rings. The van der Waals surface area contributed by atoms with E-state index in [1.54, 1.807) is 0 Å². The highest BCUT2D eigenvalue weighted by molar-refractivity contribution is 5.76. The van der Waals surface area contributed by atoms with Crippen molar-refractivity contribution >= 4 is 5.91 Å². The summed E-state index contributed by atoms with van der Waals surface area (Å²) in [6.45, 7) is 3.51. The van der Waals surface area contributed by atoms with Crippen LogP contribution in [0, 0.1) is 11.8 Å². The minimum absolute atomic E-state index is 0.129. The van der Waals surface area contributed by atoms with Gasteiger partial charge in [-0.25, -0.2) is 0 Å². The van der Waals surface area contributed by atoms with Crippen molar-refractivity contribution in [1.29, 1.82) is 0 Å². The van der Waals surface area contributed by atoms with Gasteiger partial charge in [-0.3, -0.25) is 4.79 Å². The van der Waals surface area contributed by atoms with Gasteiger partial charge in [-0.05, 0) is 44.4 Å². The second-order valence-corrected chi connectivity index (χ2v) is 5.41. The molecule has 4 heteroatoms. The molecule has 0 saturated heterocycles. The van der Waals surface area contributed by atoms with E-state index >= 15 is 0 Å². The number of amides is 1. The van der Waals surface area contributed by atoms with Gasteiger partial charge in [0, 0.05) is 19.6 Å². The van der Waals surface area contributed by atoms with E-state index in [1.807, 2.05) is 6.92 Å². The van der Waals surface area contributed by atoms with Crippen LogP contribution in [0.4, 0.5) is 0 Å². The zero-order chi connectivity index (χ0) is 12.3. The number of nitrogens with one attached hydrogen (secondary N) is 1. The van der Waals surface area contributed by atoms with Crippen LogP contribution in [0.2, 0.25) is 0 Å². The predicted molar refractivity (Wildman–Crippen MR) is 64.5 cm³/mol. The third-order valence-corrected chi connectivity index (χ3v) is 3.87. The van der Waals surface area contributed by atoms with Crippen LogP contribution in [-0.2, 0) is 9.53 Å². The highest BCUT2D eigenvalue weighted by Gasteiger charge is 2.32. The number of carbonyl (C=O) groups excluding carboxylic acids is 1. The molecule has 17 heavy (non-hydrogen) atoms. The molecule has 4 nitrogen and oxygen atoms in total. The smallest absolute Gasteiger partial charge is 0.220 e. The van der Waals surface area contributed by atoms with Crippen molar-refractivity contribution in [3.05, 3.63) is 0 Å². The molecule has 2 rings (SSSR count). The van der Waals surface area contributed by atoms with Gasteiger partial charge in [0.1, 0.15) is 0 Å². The largest absolute Gasteiger partial charge is 0.393 e. The molecule has 2 N–H and O–H groups in total. The van der Waals surface area contributed by atoms with Crippen LogP contribution in [0.25, 0.3) is 0 Å². The van der Waals surface area contributed by atoms with Gasteiger partial charge in [0.05, 0.1) is 12.2 Å². The zero-order valence-electron chi connectivity index (χ0n) is 10.5. The van der Waals surface area contributed by atoms with Gasteiger partial charge in [-0.1, -0.05) is 0 Å². The molecule has 1 amide bonds. The highest BCUT2D eigenvalue weighted by atomic mass is 16.5. The van der Waals surface area contributed by atoms with E-state index in [1.165, 1.54) is 0 Å². The van der Waals surface area contributed by atoms with Crippen LogP contribution in [0.15, 0.2) is 0 Å². The molecule has 0 aliphatic heterocycles. The Hall–Kier alpha value is -0.610. The Labute approximate surface area is 103 Å². The minimum Gasteiger partial charge on any atom is -0.393 e. The molecule has 2 aliphatic rings. The molecule has 2 fully saturated rings.